The number of nitrogens with one attached hydrogen (secondary N) is 2. The third-order valence-corrected chi connectivity index (χ3v) is 5.01. The number of aromatic amines is 1. The highest BCUT2D eigenvalue weighted by Crippen LogP contribution is 2.26. The fourth-order valence-electron chi connectivity index (χ4n) is 3.54. The van der Waals surface area contributed by atoms with Crippen LogP contribution in [0, 0.1) is 5.92 Å². The van der Waals surface area contributed by atoms with Crippen molar-refractivity contribution < 1.29 is 9.59 Å². The Kier molecular flexibility index (Phi) is 4.66. The Labute approximate surface area is 136 Å². The van der Waals surface area contributed by atoms with Crippen LogP contribution in [0.15, 0.2) is 12.4 Å². The van der Waals surface area contributed by atoms with Gasteiger partial charge in [0.25, 0.3) is 0 Å². The normalized spacial score (nSPS) is 24.5. The van der Waals surface area contributed by atoms with Gasteiger partial charge in [-0.05, 0) is 12.8 Å². The van der Waals surface area contributed by atoms with E-state index in [1.165, 1.54) is 12.8 Å². The molecule has 0 aromatic carbocycles. The van der Waals surface area contributed by atoms with E-state index in [1.54, 1.807) is 17.3 Å². The average Bonchev–Trinajstić information content (AvgIpc) is 3.13. The molecule has 2 fully saturated rings. The molecule has 1 unspecified atom stereocenters. The van der Waals surface area contributed by atoms with E-state index in [-0.39, 0.29) is 29.7 Å². The van der Waals surface area contributed by atoms with Crippen molar-refractivity contribution in [2.24, 2.45) is 11.7 Å². The van der Waals surface area contributed by atoms with Gasteiger partial charge in [0.1, 0.15) is 0 Å². The number of nitrogens with two attached hydrogens (primary N) is 1. The van der Waals surface area contributed by atoms with Gasteiger partial charge in [0.2, 0.25) is 11.8 Å². The second-order valence-electron chi connectivity index (χ2n) is 6.86. The molecule has 3 rings (SSSR count). The molecule has 1 aromatic rings. The molecule has 0 spiro atoms. The van der Waals surface area contributed by atoms with Gasteiger partial charge in [-0.2, -0.15) is 5.10 Å². The Morgan fingerprint density at radius 3 is 2.78 bits per heavy atom. The summed E-state index contributed by atoms with van der Waals surface area (Å²) in [6.07, 6.45) is 10.1. The topological polar surface area (TPSA) is 104 Å². The minimum Gasteiger partial charge on any atom is -0.354 e. The molecule has 2 aliphatic rings. The zero-order valence-electron chi connectivity index (χ0n) is 13.4. The molecule has 1 atom stereocenters. The van der Waals surface area contributed by atoms with Crippen LogP contribution < -0.4 is 16.0 Å². The first-order valence-corrected chi connectivity index (χ1v) is 8.43. The van der Waals surface area contributed by atoms with Crippen molar-refractivity contribution in [3.63, 3.8) is 0 Å². The van der Waals surface area contributed by atoms with Crippen molar-refractivity contribution in [3.8, 4) is 0 Å². The number of anilines is 1. The number of hydrogen-bond acceptors (Lipinski definition) is 4. The summed E-state index contributed by atoms with van der Waals surface area (Å²) in [6.45, 7) is 0.907. The molecule has 1 saturated carbocycles. The van der Waals surface area contributed by atoms with Gasteiger partial charge in [0.05, 0.1) is 17.8 Å². The number of carbonyl (C=O) groups is 2. The van der Waals surface area contributed by atoms with E-state index in [0.29, 0.717) is 18.8 Å². The number of amides is 2. The molecule has 4 N–H and O–H groups in total. The summed E-state index contributed by atoms with van der Waals surface area (Å²) in [5.74, 6) is -0.423. The lowest BCUT2D eigenvalue weighted by atomic mass is 9.91. The van der Waals surface area contributed by atoms with Gasteiger partial charge in [0, 0.05) is 31.2 Å². The largest absolute Gasteiger partial charge is 0.354 e. The smallest absolute Gasteiger partial charge is 0.227 e. The van der Waals surface area contributed by atoms with Gasteiger partial charge in [-0.25, -0.2) is 0 Å². The van der Waals surface area contributed by atoms with Gasteiger partial charge in [0.15, 0.2) is 0 Å². The van der Waals surface area contributed by atoms with Crippen molar-refractivity contribution in [1.82, 2.24) is 15.5 Å². The molecule has 1 aliphatic carbocycles. The highest BCUT2D eigenvalue weighted by Gasteiger charge is 2.36. The monoisotopic (exact) mass is 319 g/mol. The maximum Gasteiger partial charge on any atom is 0.227 e. The number of H-pyrrole nitrogens is 1. The van der Waals surface area contributed by atoms with E-state index >= 15 is 0 Å². The van der Waals surface area contributed by atoms with Crippen LogP contribution in [0.5, 0.6) is 0 Å². The van der Waals surface area contributed by atoms with Crippen LogP contribution in [-0.4, -0.2) is 40.6 Å². The van der Waals surface area contributed by atoms with Gasteiger partial charge in [-0.15, -0.1) is 0 Å². The first kappa shape index (κ1) is 16.0. The zero-order valence-corrected chi connectivity index (χ0v) is 13.4. The van der Waals surface area contributed by atoms with E-state index in [4.69, 9.17) is 5.73 Å². The van der Waals surface area contributed by atoms with Crippen LogP contribution in [0.2, 0.25) is 0 Å². The third kappa shape index (κ3) is 3.72. The third-order valence-electron chi connectivity index (χ3n) is 5.01. The first-order chi connectivity index (χ1) is 11.1. The summed E-state index contributed by atoms with van der Waals surface area (Å²) in [4.78, 5) is 26.1. The Balaban J connectivity index is 1.54. The van der Waals surface area contributed by atoms with Crippen molar-refractivity contribution in [3.05, 3.63) is 12.4 Å². The van der Waals surface area contributed by atoms with Gasteiger partial charge in [-0.1, -0.05) is 25.7 Å². The van der Waals surface area contributed by atoms with E-state index in [2.05, 4.69) is 15.5 Å². The van der Waals surface area contributed by atoms with Gasteiger partial charge < -0.3 is 16.0 Å². The molecule has 7 heteroatoms. The Morgan fingerprint density at radius 2 is 2.13 bits per heavy atom. The molecule has 0 bridgehead atoms. The van der Waals surface area contributed by atoms with E-state index in [1.807, 2.05) is 0 Å². The summed E-state index contributed by atoms with van der Waals surface area (Å²) in [5.41, 5.74) is 6.85. The van der Waals surface area contributed by atoms with Crippen molar-refractivity contribution in [2.75, 3.05) is 18.0 Å². The molecular weight excluding hydrogens is 294 g/mol. The van der Waals surface area contributed by atoms with Gasteiger partial charge in [-0.3, -0.25) is 14.7 Å². The molecule has 126 valence electrons. The maximum absolute atomic E-state index is 12.4. The minimum absolute atomic E-state index is 0.0384. The fraction of sp³-hybridized carbons (Fsp3) is 0.688. The fourth-order valence-corrected chi connectivity index (χ4v) is 3.54. The summed E-state index contributed by atoms with van der Waals surface area (Å²) in [7, 11) is 0. The van der Waals surface area contributed by atoms with Crippen LogP contribution in [0.25, 0.3) is 0 Å². The second kappa shape index (κ2) is 6.70. The molecule has 2 heterocycles. The predicted octanol–water partition coefficient (Wildman–Crippen LogP) is 0.930. The standard InChI is InChI=1S/C16H25N5O2/c17-16(5-3-1-2-4-6-16)11-18-15(23)12-7-14(22)21(10-12)13-8-19-20-9-13/h8-9,12H,1-7,10-11,17H2,(H,18,23)(H,19,20). The molecule has 2 amide bonds. The first-order valence-electron chi connectivity index (χ1n) is 8.43. The lowest BCUT2D eigenvalue weighted by Gasteiger charge is -2.28. The summed E-state index contributed by atoms with van der Waals surface area (Å²) in [6, 6.07) is 0. The number of hydrogen-bond donors (Lipinski definition) is 3. The Hall–Kier alpha value is -1.89. The lowest BCUT2D eigenvalue weighted by molar-refractivity contribution is -0.126. The number of carbonyl (C=O) groups excluding carboxylic acids is 2. The summed E-state index contributed by atoms with van der Waals surface area (Å²) >= 11 is 0. The molecule has 7 nitrogen and oxygen atoms in total. The lowest BCUT2D eigenvalue weighted by Crippen LogP contribution is -2.51. The number of rotatable bonds is 4. The van der Waals surface area contributed by atoms with Crippen LogP contribution in [0.3, 0.4) is 0 Å². The Bertz CT molecular complexity index is 549. The molecule has 1 aromatic heterocycles. The SMILES string of the molecule is NC1(CNC(=O)C2CC(=O)N(c3cn[nH]c3)C2)CCCCCC1. The highest BCUT2D eigenvalue weighted by atomic mass is 16.2. The molecule has 1 aliphatic heterocycles. The molecule has 0 radical (unpaired) electrons. The zero-order chi connectivity index (χ0) is 16.3. The summed E-state index contributed by atoms with van der Waals surface area (Å²) < 4.78 is 0. The van der Waals surface area contributed by atoms with E-state index < -0.39 is 0 Å². The molecule has 23 heavy (non-hydrogen) atoms. The van der Waals surface area contributed by atoms with E-state index in [9.17, 15) is 9.59 Å². The van der Waals surface area contributed by atoms with Crippen LogP contribution >= 0.6 is 0 Å². The average molecular weight is 319 g/mol. The van der Waals surface area contributed by atoms with Crippen molar-refractivity contribution >= 4 is 17.5 Å². The van der Waals surface area contributed by atoms with Crippen LogP contribution in [0.4, 0.5) is 5.69 Å². The quantitative estimate of drug-likeness (QED) is 0.718. The molecular formula is C16H25N5O2. The van der Waals surface area contributed by atoms with Crippen LogP contribution in [-0.2, 0) is 9.59 Å². The van der Waals surface area contributed by atoms with Crippen molar-refractivity contribution in [2.45, 2.75) is 50.5 Å². The Morgan fingerprint density at radius 1 is 1.39 bits per heavy atom. The number of nitrogens with zero attached hydrogens (tertiary/aromatic N) is 2. The maximum atomic E-state index is 12.4. The summed E-state index contributed by atoms with van der Waals surface area (Å²) in [5, 5.41) is 9.52. The minimum atomic E-state index is -0.313. The molecule has 1 saturated heterocycles. The predicted molar refractivity (Wildman–Crippen MR) is 86.7 cm³/mol. The van der Waals surface area contributed by atoms with Gasteiger partial charge >= 0.3 is 0 Å². The van der Waals surface area contributed by atoms with Crippen LogP contribution in [0.1, 0.15) is 44.9 Å². The van der Waals surface area contributed by atoms with Crippen molar-refractivity contribution in [1.29, 1.82) is 0 Å². The van der Waals surface area contributed by atoms with E-state index in [0.717, 1.165) is 25.7 Å². The second-order valence-corrected chi connectivity index (χ2v) is 6.86. The highest BCUT2D eigenvalue weighted by molar-refractivity contribution is 6.00. The number of aromatic nitrogens is 2.